The van der Waals surface area contributed by atoms with Crippen LogP contribution in [0.2, 0.25) is 10.0 Å². The highest BCUT2D eigenvalue weighted by atomic mass is 35.5. The van der Waals surface area contributed by atoms with Crippen molar-refractivity contribution in [3.63, 3.8) is 0 Å². The van der Waals surface area contributed by atoms with Gasteiger partial charge >= 0.3 is 5.97 Å². The van der Waals surface area contributed by atoms with Gasteiger partial charge < -0.3 is 19.9 Å². The van der Waals surface area contributed by atoms with Gasteiger partial charge in [-0.15, -0.1) is 0 Å². The van der Waals surface area contributed by atoms with Gasteiger partial charge in [0.25, 0.3) is 5.91 Å². The van der Waals surface area contributed by atoms with E-state index >= 15 is 0 Å². The molecule has 132 valence electrons. The number of amides is 1. The van der Waals surface area contributed by atoms with Crippen LogP contribution in [0.3, 0.4) is 0 Å². The Hall–Kier alpha value is -2.44. The zero-order valence-corrected chi connectivity index (χ0v) is 14.8. The normalized spacial score (nSPS) is 10.2. The van der Waals surface area contributed by atoms with Crippen LogP contribution in [0.15, 0.2) is 36.4 Å². The van der Waals surface area contributed by atoms with E-state index in [9.17, 15) is 9.59 Å². The summed E-state index contributed by atoms with van der Waals surface area (Å²) >= 11 is 12.0. The first-order valence-corrected chi connectivity index (χ1v) is 7.86. The zero-order chi connectivity index (χ0) is 18.4. The fraction of sp³-hybridized carbons (Fsp3) is 0.176. The first kappa shape index (κ1) is 18.9. The number of ether oxygens (including phenoxy) is 3. The number of primary amides is 1. The summed E-state index contributed by atoms with van der Waals surface area (Å²) in [6.07, 6.45) is 0. The van der Waals surface area contributed by atoms with Gasteiger partial charge in [0.1, 0.15) is 6.61 Å². The molecule has 0 unspecified atom stereocenters. The lowest BCUT2D eigenvalue weighted by Gasteiger charge is -2.13. The summed E-state index contributed by atoms with van der Waals surface area (Å²) < 4.78 is 15.6. The fourth-order valence-electron chi connectivity index (χ4n) is 1.98. The molecule has 0 saturated carbocycles. The molecule has 0 aliphatic carbocycles. The number of carbonyl (C=O) groups excluding carboxylic acids is 2. The van der Waals surface area contributed by atoms with E-state index in [4.69, 9.17) is 43.1 Å². The molecule has 0 saturated heterocycles. The van der Waals surface area contributed by atoms with Crippen molar-refractivity contribution >= 4 is 35.1 Å². The zero-order valence-electron chi connectivity index (χ0n) is 13.3. The van der Waals surface area contributed by atoms with Crippen LogP contribution >= 0.6 is 23.2 Å². The van der Waals surface area contributed by atoms with Crippen molar-refractivity contribution in [2.45, 2.75) is 6.61 Å². The van der Waals surface area contributed by atoms with Gasteiger partial charge in [-0.1, -0.05) is 35.3 Å². The molecule has 1 amide bonds. The van der Waals surface area contributed by atoms with Crippen LogP contribution in [0.1, 0.15) is 15.9 Å². The molecule has 0 spiro atoms. The monoisotopic (exact) mass is 383 g/mol. The molecule has 6 nitrogen and oxygen atoms in total. The third-order valence-corrected chi connectivity index (χ3v) is 3.60. The first-order valence-electron chi connectivity index (χ1n) is 7.11. The van der Waals surface area contributed by atoms with Crippen molar-refractivity contribution in [3.8, 4) is 11.5 Å². The van der Waals surface area contributed by atoms with E-state index in [1.807, 2.05) is 0 Å². The van der Waals surface area contributed by atoms with Crippen molar-refractivity contribution in [1.29, 1.82) is 0 Å². The Morgan fingerprint density at radius 3 is 2.56 bits per heavy atom. The third-order valence-electron chi connectivity index (χ3n) is 3.08. The summed E-state index contributed by atoms with van der Waals surface area (Å²) in [6, 6.07) is 9.73. The average molecular weight is 384 g/mol. The molecule has 2 N–H and O–H groups in total. The van der Waals surface area contributed by atoms with E-state index in [-0.39, 0.29) is 35.3 Å². The summed E-state index contributed by atoms with van der Waals surface area (Å²) in [4.78, 5) is 23.0. The molecule has 0 aliphatic heterocycles. The number of rotatable bonds is 7. The van der Waals surface area contributed by atoms with E-state index in [2.05, 4.69) is 0 Å². The summed E-state index contributed by atoms with van der Waals surface area (Å²) in [7, 11) is 1.38. The van der Waals surface area contributed by atoms with Crippen LogP contribution < -0.4 is 15.2 Å². The minimum atomic E-state index is -0.664. The van der Waals surface area contributed by atoms with Crippen molar-refractivity contribution in [3.05, 3.63) is 57.6 Å². The van der Waals surface area contributed by atoms with Gasteiger partial charge in [0.2, 0.25) is 0 Å². The molecule has 25 heavy (non-hydrogen) atoms. The summed E-state index contributed by atoms with van der Waals surface area (Å²) in [5.41, 5.74) is 5.96. The molecule has 0 aromatic heterocycles. The minimum Gasteiger partial charge on any atom is -0.493 e. The molecule has 0 bridgehead atoms. The second-order valence-corrected chi connectivity index (χ2v) is 5.79. The number of halogens is 2. The Morgan fingerprint density at radius 1 is 1.16 bits per heavy atom. The highest BCUT2D eigenvalue weighted by molar-refractivity contribution is 6.32. The van der Waals surface area contributed by atoms with Crippen molar-refractivity contribution in [2.75, 3.05) is 13.7 Å². The summed E-state index contributed by atoms with van der Waals surface area (Å²) in [5, 5.41) is 0.643. The third kappa shape index (κ3) is 5.27. The smallest absolute Gasteiger partial charge is 0.338 e. The van der Waals surface area contributed by atoms with Crippen molar-refractivity contribution < 1.29 is 23.8 Å². The SMILES string of the molecule is COc1cc(C(=O)OCc2cccc(Cl)c2)cc(Cl)c1OCC(N)=O. The fourth-order valence-corrected chi connectivity index (χ4v) is 2.46. The van der Waals surface area contributed by atoms with Gasteiger partial charge in [-0.05, 0) is 29.8 Å². The van der Waals surface area contributed by atoms with Gasteiger partial charge in [-0.2, -0.15) is 0 Å². The summed E-state index contributed by atoms with van der Waals surface area (Å²) in [5.74, 6) is -0.956. The molecule has 0 fully saturated rings. The molecule has 0 radical (unpaired) electrons. The maximum atomic E-state index is 12.2. The molecular formula is C17H15Cl2NO5. The highest BCUT2D eigenvalue weighted by Gasteiger charge is 2.17. The van der Waals surface area contributed by atoms with Crippen LogP contribution in [-0.4, -0.2) is 25.6 Å². The Kier molecular flexibility index (Phi) is 6.50. The lowest BCUT2D eigenvalue weighted by atomic mass is 10.2. The Morgan fingerprint density at radius 2 is 1.92 bits per heavy atom. The maximum Gasteiger partial charge on any atom is 0.338 e. The van der Waals surface area contributed by atoms with Crippen LogP contribution in [0, 0.1) is 0 Å². The number of hydrogen-bond acceptors (Lipinski definition) is 5. The molecular weight excluding hydrogens is 369 g/mol. The first-order chi connectivity index (χ1) is 11.9. The predicted molar refractivity (Wildman–Crippen MR) is 93.3 cm³/mol. The van der Waals surface area contributed by atoms with Crippen LogP contribution in [0.25, 0.3) is 0 Å². The van der Waals surface area contributed by atoms with E-state index in [1.54, 1.807) is 24.3 Å². The largest absolute Gasteiger partial charge is 0.493 e. The number of hydrogen-bond donors (Lipinski definition) is 1. The lowest BCUT2D eigenvalue weighted by molar-refractivity contribution is -0.119. The van der Waals surface area contributed by atoms with Crippen molar-refractivity contribution in [2.24, 2.45) is 5.73 Å². The molecule has 8 heteroatoms. The van der Waals surface area contributed by atoms with Gasteiger partial charge in [-0.3, -0.25) is 4.79 Å². The Labute approximate surface area is 154 Å². The number of methoxy groups -OCH3 is 1. The highest BCUT2D eigenvalue weighted by Crippen LogP contribution is 2.36. The Bertz CT molecular complexity index is 795. The molecule has 2 aromatic carbocycles. The van der Waals surface area contributed by atoms with Crippen LogP contribution in [-0.2, 0) is 16.1 Å². The van der Waals surface area contributed by atoms with Crippen LogP contribution in [0.5, 0.6) is 11.5 Å². The number of benzene rings is 2. The van der Waals surface area contributed by atoms with Gasteiger partial charge in [-0.25, -0.2) is 4.79 Å². The lowest BCUT2D eigenvalue weighted by Crippen LogP contribution is -2.20. The second kappa shape index (κ2) is 8.60. The standard InChI is InChI=1S/C17H15Cl2NO5/c1-23-14-7-11(6-13(19)16(14)24-9-15(20)21)17(22)25-8-10-3-2-4-12(18)5-10/h2-7H,8-9H2,1H3,(H2,20,21). The molecule has 0 heterocycles. The van der Waals surface area contributed by atoms with Gasteiger partial charge in [0, 0.05) is 5.02 Å². The minimum absolute atomic E-state index is 0.0548. The van der Waals surface area contributed by atoms with Crippen LogP contribution in [0.4, 0.5) is 0 Å². The van der Waals surface area contributed by atoms with E-state index in [1.165, 1.54) is 19.2 Å². The number of esters is 1. The molecule has 0 atom stereocenters. The topological polar surface area (TPSA) is 87.8 Å². The van der Waals surface area contributed by atoms with Crippen molar-refractivity contribution in [1.82, 2.24) is 0 Å². The number of carbonyl (C=O) groups is 2. The van der Waals surface area contributed by atoms with E-state index < -0.39 is 11.9 Å². The predicted octanol–water partition coefficient (Wildman–Crippen LogP) is 3.22. The summed E-state index contributed by atoms with van der Waals surface area (Å²) in [6.45, 7) is -0.312. The quantitative estimate of drug-likeness (QED) is 0.741. The number of nitrogens with two attached hydrogens (primary N) is 1. The Balaban J connectivity index is 2.14. The maximum absolute atomic E-state index is 12.2. The molecule has 2 rings (SSSR count). The second-order valence-electron chi connectivity index (χ2n) is 4.95. The molecule has 2 aromatic rings. The molecule has 0 aliphatic rings. The van der Waals surface area contributed by atoms with Gasteiger partial charge in [0.05, 0.1) is 17.7 Å². The van der Waals surface area contributed by atoms with E-state index in [0.29, 0.717) is 5.02 Å². The average Bonchev–Trinajstić information content (AvgIpc) is 2.57. The van der Waals surface area contributed by atoms with Gasteiger partial charge in [0.15, 0.2) is 18.1 Å². The van der Waals surface area contributed by atoms with E-state index in [0.717, 1.165) is 5.56 Å².